The lowest BCUT2D eigenvalue weighted by Crippen LogP contribution is -2.37. The first-order valence-electron chi connectivity index (χ1n) is 15.4. The quantitative estimate of drug-likeness (QED) is 0.0981. The predicted molar refractivity (Wildman–Crippen MR) is 160 cm³/mol. The van der Waals surface area contributed by atoms with Gasteiger partial charge < -0.3 is 15.2 Å². The van der Waals surface area contributed by atoms with Gasteiger partial charge in [-0.25, -0.2) is 4.79 Å². The van der Waals surface area contributed by atoms with Crippen LogP contribution in [0.3, 0.4) is 0 Å². The van der Waals surface area contributed by atoms with E-state index in [0.717, 1.165) is 12.8 Å². The monoisotopic (exact) mass is 537 g/mol. The summed E-state index contributed by atoms with van der Waals surface area (Å²) in [5.74, 6) is -0.301. The second-order valence-corrected chi connectivity index (χ2v) is 10.7. The molecule has 5 heteroatoms. The number of ether oxygens (including phenoxy) is 2. The van der Waals surface area contributed by atoms with E-state index in [-0.39, 0.29) is 6.42 Å². The summed E-state index contributed by atoms with van der Waals surface area (Å²) in [6.45, 7) is 4.47. The van der Waals surface area contributed by atoms with Gasteiger partial charge in [-0.15, -0.1) is 0 Å². The Labute approximate surface area is 236 Å². The summed E-state index contributed by atoms with van der Waals surface area (Å²) < 4.78 is 10.8. The van der Waals surface area contributed by atoms with Crippen molar-refractivity contribution < 1.29 is 19.1 Å². The predicted octanol–water partition coefficient (Wildman–Crippen LogP) is 8.50. The molecule has 0 bridgehead atoms. The summed E-state index contributed by atoms with van der Waals surface area (Å²) in [6.07, 6.45) is 19.8. The first-order valence-corrected chi connectivity index (χ1v) is 15.4. The maximum Gasteiger partial charge on any atom is 0.328 e. The average Bonchev–Trinajstić information content (AvgIpc) is 2.93. The Morgan fingerprint density at radius 2 is 0.974 bits per heavy atom. The summed E-state index contributed by atoms with van der Waals surface area (Å²) in [6, 6.07) is 14.0. The number of rotatable bonds is 21. The topological polar surface area (TPSA) is 78.6 Å². The molecule has 2 aromatic rings. The van der Waals surface area contributed by atoms with Crippen molar-refractivity contribution in [3.63, 3.8) is 0 Å². The fraction of sp³-hybridized carbons (Fsp3) is 0.588. The van der Waals surface area contributed by atoms with Gasteiger partial charge in [0.2, 0.25) is 0 Å². The molecule has 39 heavy (non-hydrogen) atoms. The summed E-state index contributed by atoms with van der Waals surface area (Å²) in [7, 11) is 0. The lowest BCUT2D eigenvalue weighted by atomic mass is 10.0. The molecule has 0 radical (unpaired) electrons. The number of aryl methyl sites for hydroxylation is 2. The van der Waals surface area contributed by atoms with Crippen molar-refractivity contribution in [2.45, 2.75) is 129 Å². The molecule has 0 aromatic heterocycles. The molecule has 0 saturated carbocycles. The number of hydrogen-bond donors (Lipinski definition) is 1. The molecule has 2 N–H and O–H groups in total. The molecule has 0 heterocycles. The van der Waals surface area contributed by atoms with Gasteiger partial charge in [0, 0.05) is 0 Å². The third-order valence-electron chi connectivity index (χ3n) is 7.12. The fourth-order valence-corrected chi connectivity index (χ4v) is 4.65. The third-order valence-corrected chi connectivity index (χ3v) is 7.12. The van der Waals surface area contributed by atoms with Crippen molar-refractivity contribution in [1.82, 2.24) is 0 Å². The van der Waals surface area contributed by atoms with Gasteiger partial charge in [-0.05, 0) is 61.1 Å². The van der Waals surface area contributed by atoms with Gasteiger partial charge in [-0.1, -0.05) is 115 Å². The molecule has 5 nitrogen and oxygen atoms in total. The summed E-state index contributed by atoms with van der Waals surface area (Å²) >= 11 is 0. The number of carbonyl (C=O) groups is 2. The van der Waals surface area contributed by atoms with Crippen LogP contribution in [-0.2, 0) is 22.4 Å². The Morgan fingerprint density at radius 3 is 1.41 bits per heavy atom. The Kier molecular flexibility index (Phi) is 16.9. The molecule has 0 aliphatic heterocycles. The second kappa shape index (κ2) is 20.3. The molecule has 1 unspecified atom stereocenters. The van der Waals surface area contributed by atoms with E-state index < -0.39 is 18.0 Å². The number of benzene rings is 2. The largest absolute Gasteiger partial charge is 0.426 e. The number of carbonyl (C=O) groups excluding carboxylic acids is 2. The summed E-state index contributed by atoms with van der Waals surface area (Å²) in [5.41, 5.74) is 8.39. The molecule has 2 aromatic carbocycles. The minimum atomic E-state index is -1.08. The van der Waals surface area contributed by atoms with Crippen molar-refractivity contribution in [3.8, 4) is 11.5 Å². The van der Waals surface area contributed by atoms with Gasteiger partial charge in [0.15, 0.2) is 0 Å². The van der Waals surface area contributed by atoms with Crippen LogP contribution in [-0.4, -0.2) is 18.0 Å². The Bertz CT molecular complexity index is 923. The number of hydrogen-bond acceptors (Lipinski definition) is 5. The van der Waals surface area contributed by atoms with E-state index in [0.29, 0.717) is 11.5 Å². The molecule has 0 fully saturated rings. The molecule has 0 amide bonds. The molecule has 0 saturated heterocycles. The highest BCUT2D eigenvalue weighted by Gasteiger charge is 2.21. The molecular formula is C34H51NO4. The zero-order valence-electron chi connectivity index (χ0n) is 24.4. The van der Waals surface area contributed by atoms with Crippen molar-refractivity contribution in [3.05, 3.63) is 59.7 Å². The maximum absolute atomic E-state index is 12.4. The standard InChI is InChI=1S/C34H51NO4/c1-3-5-7-9-11-13-15-17-28-19-23-30(24-20-28)38-33(36)27-32(35)34(37)39-31-25-21-29(22-26-31)18-16-14-12-10-8-6-4-2/h19-26,32H,3-18,27,35H2,1-2H3. The second-order valence-electron chi connectivity index (χ2n) is 10.7. The lowest BCUT2D eigenvalue weighted by molar-refractivity contribution is -0.142. The Hall–Kier alpha value is -2.66. The van der Waals surface area contributed by atoms with E-state index in [4.69, 9.17) is 15.2 Å². The minimum Gasteiger partial charge on any atom is -0.426 e. The average molecular weight is 538 g/mol. The van der Waals surface area contributed by atoms with Crippen molar-refractivity contribution in [1.29, 1.82) is 0 Å². The van der Waals surface area contributed by atoms with Crippen molar-refractivity contribution in [2.24, 2.45) is 5.73 Å². The Morgan fingerprint density at radius 1 is 0.590 bits per heavy atom. The number of unbranched alkanes of at least 4 members (excludes halogenated alkanes) is 12. The molecule has 216 valence electrons. The van der Waals surface area contributed by atoms with E-state index in [1.165, 1.54) is 101 Å². The smallest absolute Gasteiger partial charge is 0.328 e. The van der Waals surface area contributed by atoms with Gasteiger partial charge in [-0.3, -0.25) is 4.79 Å². The highest BCUT2D eigenvalue weighted by molar-refractivity contribution is 5.84. The van der Waals surface area contributed by atoms with Gasteiger partial charge in [0.05, 0.1) is 6.42 Å². The van der Waals surface area contributed by atoms with Crippen LogP contribution in [0.4, 0.5) is 0 Å². The van der Waals surface area contributed by atoms with Gasteiger partial charge in [0.1, 0.15) is 17.5 Å². The fourth-order valence-electron chi connectivity index (χ4n) is 4.65. The van der Waals surface area contributed by atoms with Crippen LogP contribution < -0.4 is 15.2 Å². The van der Waals surface area contributed by atoms with Gasteiger partial charge >= 0.3 is 11.9 Å². The number of nitrogens with two attached hydrogens (primary N) is 1. The van der Waals surface area contributed by atoms with Crippen LogP contribution in [0.2, 0.25) is 0 Å². The SMILES string of the molecule is CCCCCCCCCc1ccc(OC(=O)CC(N)C(=O)Oc2ccc(CCCCCCCCC)cc2)cc1. The number of esters is 2. The van der Waals surface area contributed by atoms with E-state index in [1.54, 1.807) is 24.3 Å². The van der Waals surface area contributed by atoms with Crippen LogP contribution >= 0.6 is 0 Å². The zero-order chi connectivity index (χ0) is 28.1. The van der Waals surface area contributed by atoms with Crippen LogP contribution in [0.5, 0.6) is 11.5 Å². The van der Waals surface area contributed by atoms with E-state index in [2.05, 4.69) is 13.8 Å². The first kappa shape index (κ1) is 32.6. The Balaban J connectivity index is 1.64. The molecule has 0 aliphatic carbocycles. The van der Waals surface area contributed by atoms with Crippen molar-refractivity contribution in [2.75, 3.05) is 0 Å². The highest BCUT2D eigenvalue weighted by Crippen LogP contribution is 2.18. The zero-order valence-corrected chi connectivity index (χ0v) is 24.4. The summed E-state index contributed by atoms with van der Waals surface area (Å²) in [4.78, 5) is 24.7. The molecule has 2 rings (SSSR count). The van der Waals surface area contributed by atoms with Gasteiger partial charge in [0.25, 0.3) is 0 Å². The molecule has 1 atom stereocenters. The van der Waals surface area contributed by atoms with E-state index >= 15 is 0 Å². The van der Waals surface area contributed by atoms with Crippen LogP contribution in [0.25, 0.3) is 0 Å². The normalized spacial score (nSPS) is 11.8. The minimum absolute atomic E-state index is 0.241. The first-order chi connectivity index (χ1) is 19.0. The third kappa shape index (κ3) is 14.9. The lowest BCUT2D eigenvalue weighted by Gasteiger charge is -2.12. The molecular weight excluding hydrogens is 486 g/mol. The highest BCUT2D eigenvalue weighted by atomic mass is 16.5. The van der Waals surface area contributed by atoms with Crippen LogP contribution in [0.15, 0.2) is 48.5 Å². The molecule has 0 spiro atoms. The summed E-state index contributed by atoms with van der Waals surface area (Å²) in [5, 5.41) is 0. The van der Waals surface area contributed by atoms with Crippen LogP contribution in [0, 0.1) is 0 Å². The maximum atomic E-state index is 12.4. The van der Waals surface area contributed by atoms with Crippen molar-refractivity contribution >= 4 is 11.9 Å². The van der Waals surface area contributed by atoms with E-state index in [1.807, 2.05) is 24.3 Å². The van der Waals surface area contributed by atoms with Gasteiger partial charge in [-0.2, -0.15) is 0 Å². The molecule has 0 aliphatic rings. The van der Waals surface area contributed by atoms with Crippen LogP contribution in [0.1, 0.15) is 121 Å². The van der Waals surface area contributed by atoms with E-state index in [9.17, 15) is 9.59 Å².